The molecule has 1 N–H and O–H groups in total. The average molecular weight is 582 g/mol. The lowest BCUT2D eigenvalue weighted by atomic mass is 9.86. The molecule has 4 aliphatic rings. The molecule has 8 nitrogen and oxygen atoms in total. The third-order valence-corrected chi connectivity index (χ3v) is 9.12. The molecular weight excluding hydrogens is 542 g/mol. The molecular formula is C35H39N3O5. The zero-order valence-electron chi connectivity index (χ0n) is 24.4. The van der Waals surface area contributed by atoms with Crippen molar-refractivity contribution >= 4 is 18.3 Å². The van der Waals surface area contributed by atoms with E-state index in [1.54, 1.807) is 24.3 Å². The minimum Gasteiger partial charge on any atom is -0.493 e. The van der Waals surface area contributed by atoms with Gasteiger partial charge >= 0.3 is 6.09 Å². The Balaban J connectivity index is 1.05. The van der Waals surface area contributed by atoms with E-state index in [2.05, 4.69) is 10.2 Å². The topological polar surface area (TPSA) is 88.2 Å². The largest absolute Gasteiger partial charge is 0.493 e. The molecule has 4 heterocycles. The Bertz CT molecular complexity index is 1400. The first-order valence-corrected chi connectivity index (χ1v) is 15.4. The second-order valence-corrected chi connectivity index (χ2v) is 11.9. The maximum Gasteiger partial charge on any atom is 0.408 e. The highest BCUT2D eigenvalue weighted by atomic mass is 16.6. The molecule has 0 aromatic heterocycles. The molecule has 0 aliphatic carbocycles. The third kappa shape index (κ3) is 7.08. The molecule has 3 aromatic rings. The van der Waals surface area contributed by atoms with E-state index in [1.807, 2.05) is 59.5 Å². The second kappa shape index (κ2) is 13.4. The van der Waals surface area contributed by atoms with E-state index in [0.717, 1.165) is 68.5 Å². The number of likely N-dealkylation sites (tertiary alicyclic amines) is 1. The summed E-state index contributed by atoms with van der Waals surface area (Å²) in [7, 11) is 0. The lowest BCUT2D eigenvalue weighted by Gasteiger charge is -2.43. The summed E-state index contributed by atoms with van der Waals surface area (Å²) in [6, 6.07) is 24.2. The molecule has 0 saturated carbocycles. The predicted octanol–water partition coefficient (Wildman–Crippen LogP) is 5.34. The number of amides is 2. The number of rotatable bonds is 9. The van der Waals surface area contributed by atoms with Gasteiger partial charge in [-0.15, -0.1) is 0 Å². The van der Waals surface area contributed by atoms with Gasteiger partial charge in [-0.25, -0.2) is 4.79 Å². The van der Waals surface area contributed by atoms with Crippen LogP contribution in [-0.2, 0) is 4.74 Å². The molecule has 7 rings (SSSR count). The SMILES string of the molecule is O=Cc1ccc(C(=O)N2CCC(COc3cccc(C(NC(=O)O[C@H]4CN5CCC4CC5)c4ccccc4)c3)CC2)cc1. The summed E-state index contributed by atoms with van der Waals surface area (Å²) >= 11 is 0. The standard InChI is InChI=1S/C35H39N3O5/c39-23-25-9-11-29(12-10-25)34(40)38-19-13-26(14-20-38)24-42-31-8-4-7-30(21-31)33(28-5-2-1-3-6-28)36-35(41)43-32-22-37-17-15-27(32)16-18-37/h1-12,21,23,26-27,32-33H,13-20,22,24H2,(H,36,41)/t32-,33?/m0/s1. The van der Waals surface area contributed by atoms with Gasteiger partial charge < -0.3 is 19.7 Å². The summed E-state index contributed by atoms with van der Waals surface area (Å²) in [6.45, 7) is 4.92. The van der Waals surface area contributed by atoms with Gasteiger partial charge in [0.2, 0.25) is 0 Å². The molecule has 3 aromatic carbocycles. The lowest BCUT2D eigenvalue weighted by molar-refractivity contribution is -0.0336. The summed E-state index contributed by atoms with van der Waals surface area (Å²) < 4.78 is 12.2. The molecule has 0 radical (unpaired) electrons. The predicted molar refractivity (Wildman–Crippen MR) is 163 cm³/mol. The van der Waals surface area contributed by atoms with Crippen molar-refractivity contribution < 1.29 is 23.9 Å². The molecule has 1 unspecified atom stereocenters. The Labute approximate surface area is 253 Å². The first kappa shape index (κ1) is 28.9. The number of fused-ring (bicyclic) bond motifs is 3. The smallest absolute Gasteiger partial charge is 0.408 e. The zero-order valence-corrected chi connectivity index (χ0v) is 24.4. The van der Waals surface area contributed by atoms with Crippen LogP contribution in [0.3, 0.4) is 0 Å². The molecule has 2 bridgehead atoms. The van der Waals surface area contributed by atoms with Crippen LogP contribution in [0.1, 0.15) is 63.6 Å². The highest BCUT2D eigenvalue weighted by molar-refractivity contribution is 5.95. The number of aldehydes is 1. The number of carbonyl (C=O) groups is 3. The van der Waals surface area contributed by atoms with Gasteiger partial charge in [0, 0.05) is 30.8 Å². The van der Waals surface area contributed by atoms with Gasteiger partial charge in [0.05, 0.1) is 12.6 Å². The fraction of sp³-hybridized carbons (Fsp3) is 0.400. The number of piperidine rings is 4. The van der Waals surface area contributed by atoms with E-state index in [1.165, 1.54) is 0 Å². The second-order valence-electron chi connectivity index (χ2n) is 11.9. The van der Waals surface area contributed by atoms with E-state index in [0.29, 0.717) is 42.7 Å². The van der Waals surface area contributed by atoms with Gasteiger partial charge in [-0.05, 0) is 86.0 Å². The Morgan fingerprint density at radius 2 is 1.58 bits per heavy atom. The number of alkyl carbamates (subject to hydrolysis) is 1. The number of nitrogens with zero attached hydrogens (tertiary/aromatic N) is 2. The molecule has 4 fully saturated rings. The van der Waals surface area contributed by atoms with Gasteiger partial charge in [0.1, 0.15) is 18.1 Å². The molecule has 224 valence electrons. The molecule has 0 spiro atoms. The average Bonchev–Trinajstić information content (AvgIpc) is 3.07. The Morgan fingerprint density at radius 1 is 0.860 bits per heavy atom. The highest BCUT2D eigenvalue weighted by Gasteiger charge is 2.37. The van der Waals surface area contributed by atoms with Gasteiger partial charge in [0.25, 0.3) is 5.91 Å². The Hall–Kier alpha value is -4.17. The summed E-state index contributed by atoms with van der Waals surface area (Å²) in [6.07, 6.45) is 4.23. The van der Waals surface area contributed by atoms with E-state index in [4.69, 9.17) is 9.47 Å². The van der Waals surface area contributed by atoms with Crippen LogP contribution < -0.4 is 10.1 Å². The number of carbonyl (C=O) groups excluding carboxylic acids is 3. The van der Waals surface area contributed by atoms with Crippen LogP contribution in [0.2, 0.25) is 0 Å². The van der Waals surface area contributed by atoms with Crippen molar-refractivity contribution in [1.82, 2.24) is 15.1 Å². The molecule has 4 saturated heterocycles. The first-order valence-electron chi connectivity index (χ1n) is 15.4. The van der Waals surface area contributed by atoms with Crippen molar-refractivity contribution in [3.8, 4) is 5.75 Å². The van der Waals surface area contributed by atoms with Crippen molar-refractivity contribution in [2.24, 2.45) is 11.8 Å². The maximum atomic E-state index is 13.1. The first-order chi connectivity index (χ1) is 21.1. The van der Waals surface area contributed by atoms with Crippen LogP contribution >= 0.6 is 0 Å². The van der Waals surface area contributed by atoms with Crippen LogP contribution in [-0.4, -0.2) is 73.5 Å². The molecule has 2 atom stereocenters. The molecule has 2 amide bonds. The van der Waals surface area contributed by atoms with Crippen LogP contribution in [0.5, 0.6) is 5.75 Å². The highest BCUT2D eigenvalue weighted by Crippen LogP contribution is 2.31. The summed E-state index contributed by atoms with van der Waals surface area (Å²) in [4.78, 5) is 41.2. The zero-order chi connectivity index (χ0) is 29.6. The Kier molecular flexibility index (Phi) is 9.03. The van der Waals surface area contributed by atoms with Crippen LogP contribution in [0, 0.1) is 11.8 Å². The van der Waals surface area contributed by atoms with E-state index in [-0.39, 0.29) is 24.1 Å². The van der Waals surface area contributed by atoms with E-state index < -0.39 is 0 Å². The third-order valence-electron chi connectivity index (χ3n) is 9.12. The van der Waals surface area contributed by atoms with E-state index >= 15 is 0 Å². The van der Waals surface area contributed by atoms with Gasteiger partial charge in [-0.3, -0.25) is 14.5 Å². The van der Waals surface area contributed by atoms with Crippen molar-refractivity contribution in [2.45, 2.75) is 37.8 Å². The van der Waals surface area contributed by atoms with Crippen molar-refractivity contribution in [2.75, 3.05) is 39.3 Å². The minimum atomic E-state index is -0.389. The van der Waals surface area contributed by atoms with Crippen LogP contribution in [0.4, 0.5) is 4.79 Å². The van der Waals surface area contributed by atoms with Crippen molar-refractivity contribution in [3.05, 3.63) is 101 Å². The number of hydrogen-bond acceptors (Lipinski definition) is 6. The molecule has 4 aliphatic heterocycles. The van der Waals surface area contributed by atoms with Crippen molar-refractivity contribution in [3.63, 3.8) is 0 Å². The van der Waals surface area contributed by atoms with Gasteiger partial charge in [0.15, 0.2) is 0 Å². The number of benzene rings is 3. The lowest BCUT2D eigenvalue weighted by Crippen LogP contribution is -2.52. The number of nitrogens with one attached hydrogen (secondary N) is 1. The van der Waals surface area contributed by atoms with Crippen LogP contribution in [0.15, 0.2) is 78.9 Å². The quantitative estimate of drug-likeness (QED) is 0.343. The van der Waals surface area contributed by atoms with Gasteiger partial charge in [-0.2, -0.15) is 0 Å². The minimum absolute atomic E-state index is 0.00370. The summed E-state index contributed by atoms with van der Waals surface area (Å²) in [5.74, 6) is 1.53. The van der Waals surface area contributed by atoms with Gasteiger partial charge in [-0.1, -0.05) is 54.6 Å². The van der Waals surface area contributed by atoms with Crippen LogP contribution in [0.25, 0.3) is 0 Å². The van der Waals surface area contributed by atoms with E-state index in [9.17, 15) is 14.4 Å². The fourth-order valence-electron chi connectivity index (χ4n) is 6.53. The monoisotopic (exact) mass is 581 g/mol. The fourth-order valence-corrected chi connectivity index (χ4v) is 6.53. The molecule has 43 heavy (non-hydrogen) atoms. The Morgan fingerprint density at radius 3 is 2.26 bits per heavy atom. The maximum absolute atomic E-state index is 13.1. The normalized spacial score (nSPS) is 22.4. The summed E-state index contributed by atoms with van der Waals surface area (Å²) in [5.41, 5.74) is 3.07. The van der Waals surface area contributed by atoms with Crippen molar-refractivity contribution in [1.29, 1.82) is 0 Å². The number of ether oxygens (including phenoxy) is 2. The number of hydrogen-bond donors (Lipinski definition) is 1. The molecule has 8 heteroatoms. The summed E-state index contributed by atoms with van der Waals surface area (Å²) in [5, 5.41) is 3.13.